The van der Waals surface area contributed by atoms with Crippen LogP contribution in [0.15, 0.2) is 12.3 Å². The molecule has 0 unspecified atom stereocenters. The minimum atomic E-state index is -4.16. The lowest BCUT2D eigenvalue weighted by Gasteiger charge is -2.37. The summed E-state index contributed by atoms with van der Waals surface area (Å²) in [4.78, 5) is 48.7. The normalized spacial score (nSPS) is 33.3. The van der Waals surface area contributed by atoms with Crippen molar-refractivity contribution in [1.29, 1.82) is 0 Å². The highest BCUT2D eigenvalue weighted by atomic mass is 31.2. The number of terminal acetylenes is 1. The number of hydrogen-bond donors (Lipinski definition) is 0. The second-order valence-electron chi connectivity index (χ2n) is 8.69. The second-order valence-corrected chi connectivity index (χ2v) is 10.3. The van der Waals surface area contributed by atoms with Gasteiger partial charge >= 0.3 is 19.8 Å². The highest BCUT2D eigenvalue weighted by Crippen LogP contribution is 2.59. The number of hydrogen-bond acceptors (Lipinski definition) is 11. The number of ketones is 1. The molecular formula is C22H28NO11P. The summed E-state index contributed by atoms with van der Waals surface area (Å²) in [5, 5.41) is 0. The highest BCUT2D eigenvalue weighted by Gasteiger charge is 2.61. The van der Waals surface area contributed by atoms with E-state index in [4.69, 9.17) is 34.2 Å². The van der Waals surface area contributed by atoms with Crippen LogP contribution in [0.2, 0.25) is 0 Å². The van der Waals surface area contributed by atoms with Crippen LogP contribution in [0.25, 0.3) is 0 Å². The molecule has 12 nitrogen and oxygen atoms in total. The third kappa shape index (κ3) is 6.00. The summed E-state index contributed by atoms with van der Waals surface area (Å²) >= 11 is 0. The minimum Gasteiger partial charge on any atom is -0.460 e. The number of ether oxygens (including phenoxy) is 3. The van der Waals surface area contributed by atoms with Crippen molar-refractivity contribution in [2.75, 3.05) is 13.2 Å². The van der Waals surface area contributed by atoms with Gasteiger partial charge in [-0.2, -0.15) is 0 Å². The first kappa shape index (κ1) is 27.0. The molecule has 1 amide bonds. The zero-order chi connectivity index (χ0) is 26.0. The van der Waals surface area contributed by atoms with Crippen LogP contribution in [0.4, 0.5) is 0 Å². The fourth-order valence-electron chi connectivity index (χ4n) is 3.88. The largest absolute Gasteiger partial charge is 0.475 e. The van der Waals surface area contributed by atoms with Crippen molar-refractivity contribution in [3.8, 4) is 12.3 Å². The van der Waals surface area contributed by atoms with Gasteiger partial charge in [0.1, 0.15) is 17.6 Å². The number of fused-ring (bicyclic) bond motifs is 1. The quantitative estimate of drug-likeness (QED) is 0.201. The Labute approximate surface area is 202 Å². The fourth-order valence-corrected chi connectivity index (χ4v) is 5.37. The molecule has 0 spiro atoms. The number of allylic oxidation sites excluding steroid dienone is 1. The van der Waals surface area contributed by atoms with Crippen LogP contribution in [0.5, 0.6) is 0 Å². The number of nitrogens with zero attached hydrogens (tertiary/aromatic N) is 1. The van der Waals surface area contributed by atoms with Crippen LogP contribution >= 0.6 is 7.82 Å². The first-order valence-corrected chi connectivity index (χ1v) is 12.4. The van der Waals surface area contributed by atoms with Gasteiger partial charge in [0, 0.05) is 19.5 Å². The van der Waals surface area contributed by atoms with Gasteiger partial charge in [-0.25, -0.2) is 9.36 Å². The van der Waals surface area contributed by atoms with E-state index in [0.717, 1.165) is 6.92 Å². The SMILES string of the molecule is C#C[C@]1(C)[C@@H]2O[P@](=O)(OCC[C@H](OC(C)=O)C(=O)OC(C)C)OC[C@H]2O[C@H]1N1C=CC(=O)CC1=O. The summed E-state index contributed by atoms with van der Waals surface area (Å²) < 4.78 is 45.4. The molecule has 0 radical (unpaired) electrons. The fraction of sp³-hybridized carbons (Fsp3) is 0.636. The molecule has 0 bridgehead atoms. The van der Waals surface area contributed by atoms with Crippen LogP contribution in [0.3, 0.4) is 0 Å². The molecule has 0 aliphatic carbocycles. The van der Waals surface area contributed by atoms with Crippen molar-refractivity contribution in [3.05, 3.63) is 12.3 Å². The second kappa shape index (κ2) is 10.6. The van der Waals surface area contributed by atoms with Gasteiger partial charge in [-0.1, -0.05) is 5.92 Å². The summed E-state index contributed by atoms with van der Waals surface area (Å²) in [5.74, 6) is 0.269. The van der Waals surface area contributed by atoms with Gasteiger partial charge in [0.25, 0.3) is 0 Å². The van der Waals surface area contributed by atoms with E-state index in [9.17, 15) is 23.7 Å². The molecule has 3 heterocycles. The highest BCUT2D eigenvalue weighted by molar-refractivity contribution is 7.48. The van der Waals surface area contributed by atoms with Gasteiger partial charge in [-0.15, -0.1) is 6.42 Å². The molecule has 0 aromatic carbocycles. The topological polar surface area (TPSA) is 144 Å². The standard InChI is InChI=1S/C22H28NO11P/c1-6-22(5)19-17(33-21(22)23-9-7-15(25)11-18(23)26)12-30-35(28,34-19)29-10-8-16(32-14(4)24)20(27)31-13(2)3/h1,7,9,13,16-17,19,21H,8,10-12H2,2-5H3/t16-,17+,19+,21+,22+,35+/m0/s1. The Morgan fingerprint density at radius 1 is 1.34 bits per heavy atom. The third-order valence-electron chi connectivity index (χ3n) is 5.54. The Balaban J connectivity index is 1.68. The number of phosphoric acid groups is 1. The third-order valence-corrected chi connectivity index (χ3v) is 6.98. The Morgan fingerprint density at radius 2 is 2.06 bits per heavy atom. The molecule has 13 heteroatoms. The molecule has 6 atom stereocenters. The maximum atomic E-state index is 13.2. The Hall–Kier alpha value is -2.55. The van der Waals surface area contributed by atoms with Crippen LogP contribution < -0.4 is 0 Å². The molecule has 2 fully saturated rings. The van der Waals surface area contributed by atoms with Crippen molar-refractivity contribution in [1.82, 2.24) is 4.90 Å². The lowest BCUT2D eigenvalue weighted by Crippen LogP contribution is -2.49. The number of rotatable bonds is 8. The summed E-state index contributed by atoms with van der Waals surface area (Å²) in [6.45, 7) is 5.50. The summed E-state index contributed by atoms with van der Waals surface area (Å²) in [5.41, 5.74) is -1.25. The molecule has 3 aliphatic heterocycles. The van der Waals surface area contributed by atoms with E-state index in [0.29, 0.717) is 0 Å². The Morgan fingerprint density at radius 3 is 2.66 bits per heavy atom. The molecule has 0 saturated carbocycles. The maximum Gasteiger partial charge on any atom is 0.475 e. The minimum absolute atomic E-state index is 0.164. The molecular weight excluding hydrogens is 485 g/mol. The van der Waals surface area contributed by atoms with E-state index in [-0.39, 0.29) is 31.8 Å². The van der Waals surface area contributed by atoms with Gasteiger partial charge in [0.05, 0.1) is 25.7 Å². The number of carbonyl (C=O) groups excluding carboxylic acids is 4. The molecule has 35 heavy (non-hydrogen) atoms. The van der Waals surface area contributed by atoms with Crippen LogP contribution in [0.1, 0.15) is 40.5 Å². The molecule has 0 aromatic rings. The zero-order valence-electron chi connectivity index (χ0n) is 19.8. The lowest BCUT2D eigenvalue weighted by atomic mass is 9.82. The Bertz CT molecular complexity index is 1000. The number of amides is 1. The molecule has 2 saturated heterocycles. The van der Waals surface area contributed by atoms with E-state index in [1.807, 2.05) is 0 Å². The van der Waals surface area contributed by atoms with Crippen molar-refractivity contribution in [3.63, 3.8) is 0 Å². The van der Waals surface area contributed by atoms with E-state index < -0.39 is 61.7 Å². The molecule has 3 rings (SSSR count). The maximum absolute atomic E-state index is 13.2. The van der Waals surface area contributed by atoms with Gasteiger partial charge in [-0.3, -0.25) is 32.9 Å². The van der Waals surface area contributed by atoms with Crippen LogP contribution in [-0.4, -0.2) is 72.4 Å². The first-order chi connectivity index (χ1) is 16.4. The molecule has 192 valence electrons. The number of phosphoric ester groups is 1. The van der Waals surface area contributed by atoms with E-state index >= 15 is 0 Å². The van der Waals surface area contributed by atoms with E-state index in [1.165, 1.54) is 17.2 Å². The average Bonchev–Trinajstić information content (AvgIpc) is 3.04. The van der Waals surface area contributed by atoms with E-state index in [2.05, 4.69) is 5.92 Å². The predicted molar refractivity (Wildman–Crippen MR) is 117 cm³/mol. The smallest absolute Gasteiger partial charge is 0.460 e. The van der Waals surface area contributed by atoms with Crippen molar-refractivity contribution in [2.45, 2.75) is 71.2 Å². The van der Waals surface area contributed by atoms with Gasteiger partial charge in [-0.05, 0) is 26.8 Å². The summed E-state index contributed by atoms with van der Waals surface area (Å²) in [6, 6.07) is 0. The molecule has 3 aliphatic rings. The van der Waals surface area contributed by atoms with Crippen LogP contribution in [0, 0.1) is 17.8 Å². The monoisotopic (exact) mass is 513 g/mol. The summed E-state index contributed by atoms with van der Waals surface area (Å²) in [6.07, 6.45) is 3.42. The summed E-state index contributed by atoms with van der Waals surface area (Å²) in [7, 11) is -4.16. The lowest BCUT2D eigenvalue weighted by molar-refractivity contribution is -0.170. The van der Waals surface area contributed by atoms with Crippen molar-refractivity contribution in [2.24, 2.45) is 5.41 Å². The van der Waals surface area contributed by atoms with Gasteiger partial charge in [0.2, 0.25) is 12.0 Å². The zero-order valence-corrected chi connectivity index (χ0v) is 20.7. The average molecular weight is 513 g/mol. The number of esters is 2. The molecule has 0 aromatic heterocycles. The van der Waals surface area contributed by atoms with Crippen molar-refractivity contribution < 1.29 is 51.5 Å². The van der Waals surface area contributed by atoms with Gasteiger partial charge in [0.15, 0.2) is 12.0 Å². The van der Waals surface area contributed by atoms with Crippen LogP contribution in [-0.2, 0) is 51.5 Å². The molecule has 0 N–H and O–H groups in total. The van der Waals surface area contributed by atoms with Gasteiger partial charge < -0.3 is 14.2 Å². The van der Waals surface area contributed by atoms with Crippen molar-refractivity contribution >= 4 is 31.5 Å². The number of carbonyl (C=O) groups is 4. The Kier molecular flexibility index (Phi) is 8.19. The first-order valence-electron chi connectivity index (χ1n) is 11.0. The van der Waals surface area contributed by atoms with E-state index in [1.54, 1.807) is 20.8 Å². The predicted octanol–water partition coefficient (Wildman–Crippen LogP) is 1.48.